The van der Waals surface area contributed by atoms with Crippen LogP contribution in [-0.2, 0) is 6.54 Å². The molecule has 0 spiro atoms. The number of pyridine rings is 1. The molecule has 1 aromatic heterocycles. The molecule has 1 N–H and O–H groups in total. The summed E-state index contributed by atoms with van der Waals surface area (Å²) in [7, 11) is 1.69. The molecular weight excluding hydrogens is 250 g/mol. The number of nitrogens with one attached hydrogen (secondary N) is 1. The van der Waals surface area contributed by atoms with Gasteiger partial charge in [-0.1, -0.05) is 19.9 Å². The van der Waals surface area contributed by atoms with Crippen LogP contribution in [0.5, 0.6) is 5.88 Å². The highest BCUT2D eigenvalue weighted by atomic mass is 16.5. The zero-order valence-electron chi connectivity index (χ0n) is 12.9. The summed E-state index contributed by atoms with van der Waals surface area (Å²) in [5.41, 5.74) is 1.18. The molecule has 0 amide bonds. The Labute approximate surface area is 122 Å². The standard InChI is InChI=1S/C16H27N3O/c1-4-8-17-15-7-10-19(11-13(15)2)12-14-6-5-9-18-16(14)20-3/h5-6,9,13,15,17H,4,7-8,10-12H2,1-3H3. The number of rotatable bonds is 6. The third kappa shape index (κ3) is 3.93. The van der Waals surface area contributed by atoms with Crippen LogP contribution in [0, 0.1) is 5.92 Å². The van der Waals surface area contributed by atoms with Crippen molar-refractivity contribution in [3.05, 3.63) is 23.9 Å². The van der Waals surface area contributed by atoms with Gasteiger partial charge in [0, 0.05) is 30.9 Å². The average Bonchev–Trinajstić information content (AvgIpc) is 2.47. The lowest BCUT2D eigenvalue weighted by Crippen LogP contribution is -2.48. The number of hydrogen-bond donors (Lipinski definition) is 1. The van der Waals surface area contributed by atoms with Crippen molar-refractivity contribution in [2.75, 3.05) is 26.7 Å². The predicted molar refractivity (Wildman–Crippen MR) is 81.9 cm³/mol. The molecule has 1 aliphatic rings. The fraction of sp³-hybridized carbons (Fsp3) is 0.688. The zero-order chi connectivity index (χ0) is 14.4. The first-order chi connectivity index (χ1) is 9.74. The van der Waals surface area contributed by atoms with E-state index < -0.39 is 0 Å². The highest BCUT2D eigenvalue weighted by Gasteiger charge is 2.25. The second-order valence-electron chi connectivity index (χ2n) is 5.73. The van der Waals surface area contributed by atoms with Crippen LogP contribution in [0.1, 0.15) is 32.3 Å². The van der Waals surface area contributed by atoms with Crippen molar-refractivity contribution in [1.82, 2.24) is 15.2 Å². The number of hydrogen-bond acceptors (Lipinski definition) is 4. The lowest BCUT2D eigenvalue weighted by atomic mass is 9.93. The summed E-state index contributed by atoms with van der Waals surface area (Å²) in [6.45, 7) is 8.91. The Balaban J connectivity index is 1.89. The molecule has 2 heterocycles. The van der Waals surface area contributed by atoms with Crippen LogP contribution >= 0.6 is 0 Å². The summed E-state index contributed by atoms with van der Waals surface area (Å²) in [6.07, 6.45) is 4.22. The SMILES string of the molecule is CCCNC1CCN(Cc2cccnc2OC)CC1C. The molecular formula is C16H27N3O. The number of aromatic nitrogens is 1. The number of piperidine rings is 1. The topological polar surface area (TPSA) is 37.4 Å². The van der Waals surface area contributed by atoms with Crippen molar-refractivity contribution in [2.24, 2.45) is 5.92 Å². The smallest absolute Gasteiger partial charge is 0.217 e. The minimum Gasteiger partial charge on any atom is -0.481 e. The van der Waals surface area contributed by atoms with Gasteiger partial charge in [-0.15, -0.1) is 0 Å². The summed E-state index contributed by atoms with van der Waals surface area (Å²) in [6, 6.07) is 4.76. The van der Waals surface area contributed by atoms with Crippen LogP contribution in [0.4, 0.5) is 0 Å². The van der Waals surface area contributed by atoms with Gasteiger partial charge in [0.05, 0.1) is 7.11 Å². The molecule has 0 radical (unpaired) electrons. The molecule has 1 fully saturated rings. The normalized spacial score (nSPS) is 23.8. The van der Waals surface area contributed by atoms with E-state index in [9.17, 15) is 0 Å². The third-order valence-electron chi connectivity index (χ3n) is 4.08. The van der Waals surface area contributed by atoms with Crippen LogP contribution in [0.3, 0.4) is 0 Å². The third-order valence-corrected chi connectivity index (χ3v) is 4.08. The maximum atomic E-state index is 5.34. The molecule has 0 bridgehead atoms. The molecule has 20 heavy (non-hydrogen) atoms. The van der Waals surface area contributed by atoms with Gasteiger partial charge < -0.3 is 10.1 Å². The molecule has 1 aliphatic heterocycles. The minimum absolute atomic E-state index is 0.669. The first kappa shape index (κ1) is 15.3. The van der Waals surface area contributed by atoms with E-state index >= 15 is 0 Å². The number of ether oxygens (including phenoxy) is 1. The van der Waals surface area contributed by atoms with Crippen molar-refractivity contribution in [3.8, 4) is 5.88 Å². The highest BCUT2D eigenvalue weighted by Crippen LogP contribution is 2.22. The van der Waals surface area contributed by atoms with Crippen molar-refractivity contribution >= 4 is 0 Å². The quantitative estimate of drug-likeness (QED) is 0.866. The van der Waals surface area contributed by atoms with Crippen molar-refractivity contribution in [3.63, 3.8) is 0 Å². The van der Waals surface area contributed by atoms with Gasteiger partial charge in [-0.25, -0.2) is 4.98 Å². The molecule has 1 aromatic rings. The maximum Gasteiger partial charge on any atom is 0.217 e. The Morgan fingerprint density at radius 2 is 2.35 bits per heavy atom. The van der Waals surface area contributed by atoms with Gasteiger partial charge >= 0.3 is 0 Å². The zero-order valence-corrected chi connectivity index (χ0v) is 12.9. The summed E-state index contributed by atoms with van der Waals surface area (Å²) >= 11 is 0. The number of likely N-dealkylation sites (tertiary alicyclic amines) is 1. The fourth-order valence-corrected chi connectivity index (χ4v) is 2.98. The van der Waals surface area contributed by atoms with Gasteiger partial charge in [0.15, 0.2) is 0 Å². The van der Waals surface area contributed by atoms with Gasteiger partial charge in [0.2, 0.25) is 5.88 Å². The molecule has 2 unspecified atom stereocenters. The van der Waals surface area contributed by atoms with Crippen molar-refractivity contribution < 1.29 is 4.74 Å². The molecule has 2 atom stereocenters. The molecule has 0 aromatic carbocycles. The molecule has 112 valence electrons. The summed E-state index contributed by atoms with van der Waals surface area (Å²) < 4.78 is 5.34. The molecule has 1 saturated heterocycles. The number of nitrogens with zero attached hydrogens (tertiary/aromatic N) is 2. The summed E-state index contributed by atoms with van der Waals surface area (Å²) in [5, 5.41) is 3.66. The molecule has 0 saturated carbocycles. The van der Waals surface area contributed by atoms with E-state index in [1.54, 1.807) is 13.3 Å². The van der Waals surface area contributed by atoms with Crippen LogP contribution in [-0.4, -0.2) is 42.7 Å². The molecule has 2 rings (SSSR count). The predicted octanol–water partition coefficient (Wildman–Crippen LogP) is 2.30. The molecule has 0 aliphatic carbocycles. The van der Waals surface area contributed by atoms with Crippen LogP contribution in [0.25, 0.3) is 0 Å². The first-order valence-corrected chi connectivity index (χ1v) is 7.68. The van der Waals surface area contributed by atoms with E-state index in [-0.39, 0.29) is 0 Å². The lowest BCUT2D eigenvalue weighted by Gasteiger charge is -2.37. The summed E-state index contributed by atoms with van der Waals surface area (Å²) in [5.74, 6) is 1.45. The van der Waals surface area contributed by atoms with E-state index in [0.29, 0.717) is 12.0 Å². The van der Waals surface area contributed by atoms with E-state index in [0.717, 1.165) is 32.1 Å². The van der Waals surface area contributed by atoms with Gasteiger partial charge in [-0.05, 0) is 37.9 Å². The second kappa shape index (κ2) is 7.60. The second-order valence-corrected chi connectivity index (χ2v) is 5.73. The van der Waals surface area contributed by atoms with Gasteiger partial charge in [-0.2, -0.15) is 0 Å². The van der Waals surface area contributed by atoms with Gasteiger partial charge in [-0.3, -0.25) is 4.90 Å². The Kier molecular flexibility index (Phi) is 5.80. The average molecular weight is 277 g/mol. The Bertz CT molecular complexity index is 410. The minimum atomic E-state index is 0.669. The van der Waals surface area contributed by atoms with Gasteiger partial charge in [0.1, 0.15) is 0 Å². The Morgan fingerprint density at radius 1 is 1.50 bits per heavy atom. The monoisotopic (exact) mass is 277 g/mol. The van der Waals surface area contributed by atoms with E-state index in [1.165, 1.54) is 18.4 Å². The van der Waals surface area contributed by atoms with Crippen molar-refractivity contribution in [2.45, 2.75) is 39.3 Å². The summed E-state index contributed by atoms with van der Waals surface area (Å²) in [4.78, 5) is 6.78. The van der Waals surface area contributed by atoms with Crippen LogP contribution in [0.15, 0.2) is 18.3 Å². The first-order valence-electron chi connectivity index (χ1n) is 7.68. The van der Waals surface area contributed by atoms with Crippen LogP contribution < -0.4 is 10.1 Å². The number of methoxy groups -OCH3 is 1. The van der Waals surface area contributed by atoms with Gasteiger partial charge in [0.25, 0.3) is 0 Å². The van der Waals surface area contributed by atoms with Crippen molar-refractivity contribution in [1.29, 1.82) is 0 Å². The van der Waals surface area contributed by atoms with E-state index in [4.69, 9.17) is 4.74 Å². The Hall–Kier alpha value is -1.13. The van der Waals surface area contributed by atoms with E-state index in [2.05, 4.69) is 35.1 Å². The largest absolute Gasteiger partial charge is 0.481 e. The highest BCUT2D eigenvalue weighted by molar-refractivity contribution is 5.25. The fourth-order valence-electron chi connectivity index (χ4n) is 2.98. The van der Waals surface area contributed by atoms with Crippen LogP contribution in [0.2, 0.25) is 0 Å². The maximum absolute atomic E-state index is 5.34. The Morgan fingerprint density at radius 3 is 3.05 bits per heavy atom. The lowest BCUT2D eigenvalue weighted by molar-refractivity contribution is 0.140. The molecule has 4 heteroatoms. The molecule has 4 nitrogen and oxygen atoms in total. The van der Waals surface area contributed by atoms with E-state index in [1.807, 2.05) is 6.07 Å².